The van der Waals surface area contributed by atoms with Crippen LogP contribution in [0, 0.1) is 0 Å². The summed E-state index contributed by atoms with van der Waals surface area (Å²) in [5, 5.41) is 0.923. The number of aromatic nitrogens is 1. The molecule has 29 heavy (non-hydrogen) atoms. The molecule has 6 heteroatoms. The Morgan fingerprint density at radius 1 is 1.14 bits per heavy atom. The largest absolute Gasteiger partial charge is 0.490 e. The zero-order valence-corrected chi connectivity index (χ0v) is 17.9. The topological polar surface area (TPSA) is 51.7 Å². The van der Waals surface area contributed by atoms with Gasteiger partial charge in [-0.3, -0.25) is 4.79 Å². The Balaban J connectivity index is 1.66. The van der Waals surface area contributed by atoms with Gasteiger partial charge in [0.1, 0.15) is 5.01 Å². The lowest BCUT2D eigenvalue weighted by Crippen LogP contribution is -2.23. The predicted octanol–water partition coefficient (Wildman–Crippen LogP) is 5.16. The first-order valence-corrected chi connectivity index (χ1v) is 10.6. The molecule has 5 nitrogen and oxygen atoms in total. The Morgan fingerprint density at radius 3 is 2.72 bits per heavy atom. The van der Waals surface area contributed by atoms with Gasteiger partial charge in [0.05, 0.1) is 30.0 Å². The maximum absolute atomic E-state index is 12.5. The molecule has 0 N–H and O–H groups in total. The first-order valence-electron chi connectivity index (χ1n) is 9.78. The van der Waals surface area contributed by atoms with Crippen LogP contribution in [0.15, 0.2) is 48.5 Å². The standard InChI is InChI=1S/C23H26N2O3S/c1-4-14-28-19-12-10-17(15-20(19)27-5-2)11-13-23(26)25(3)16-22-24-18-8-6-7-9-21(18)29-22/h6-13,15H,4-5,14,16H2,1-3H3/b13-11+. The molecule has 2 aromatic carbocycles. The molecule has 3 rings (SSSR count). The van der Waals surface area contributed by atoms with E-state index in [1.54, 1.807) is 35.4 Å². The Kier molecular flexibility index (Phi) is 7.25. The number of carbonyl (C=O) groups is 1. The van der Waals surface area contributed by atoms with Crippen molar-refractivity contribution in [1.82, 2.24) is 9.88 Å². The van der Waals surface area contributed by atoms with Gasteiger partial charge in [0.2, 0.25) is 5.91 Å². The number of para-hydroxylation sites is 1. The molecule has 0 saturated carbocycles. The molecule has 0 saturated heterocycles. The zero-order valence-electron chi connectivity index (χ0n) is 17.1. The number of hydrogen-bond donors (Lipinski definition) is 0. The number of hydrogen-bond acceptors (Lipinski definition) is 5. The number of carbonyl (C=O) groups excluding carboxylic acids is 1. The molecule has 0 aliphatic rings. The minimum atomic E-state index is -0.0754. The van der Waals surface area contributed by atoms with Gasteiger partial charge >= 0.3 is 0 Å². The number of likely N-dealkylation sites (N-methyl/N-ethyl adjacent to an activating group) is 1. The summed E-state index contributed by atoms with van der Waals surface area (Å²) in [6.07, 6.45) is 4.30. The summed E-state index contributed by atoms with van der Waals surface area (Å²) in [5.41, 5.74) is 1.86. The number of ether oxygens (including phenoxy) is 2. The fourth-order valence-corrected chi connectivity index (χ4v) is 3.81. The highest BCUT2D eigenvalue weighted by molar-refractivity contribution is 7.18. The molecule has 1 heterocycles. The summed E-state index contributed by atoms with van der Waals surface area (Å²) in [4.78, 5) is 18.8. The Bertz CT molecular complexity index is 964. The third-order valence-electron chi connectivity index (χ3n) is 4.23. The Labute approximate surface area is 175 Å². The summed E-state index contributed by atoms with van der Waals surface area (Å²) in [6, 6.07) is 13.7. The van der Waals surface area contributed by atoms with Gasteiger partial charge in [-0.05, 0) is 49.2 Å². The fraction of sp³-hybridized carbons (Fsp3) is 0.304. The molecule has 0 radical (unpaired) electrons. The highest BCUT2D eigenvalue weighted by Crippen LogP contribution is 2.29. The normalized spacial score (nSPS) is 11.1. The van der Waals surface area contributed by atoms with Crippen LogP contribution >= 0.6 is 11.3 Å². The van der Waals surface area contributed by atoms with Gasteiger partial charge < -0.3 is 14.4 Å². The second-order valence-corrected chi connectivity index (χ2v) is 7.71. The molecule has 0 spiro atoms. The lowest BCUT2D eigenvalue weighted by molar-refractivity contribution is -0.125. The molecule has 1 aromatic heterocycles. The fourth-order valence-electron chi connectivity index (χ4n) is 2.79. The molecule has 3 aromatic rings. The molecule has 0 aliphatic heterocycles. The van der Waals surface area contributed by atoms with Crippen molar-refractivity contribution in [1.29, 1.82) is 0 Å². The number of rotatable bonds is 9. The van der Waals surface area contributed by atoms with Gasteiger partial charge in [-0.2, -0.15) is 0 Å². The first kappa shape index (κ1) is 20.9. The second kappa shape index (κ2) is 10.1. The van der Waals surface area contributed by atoms with E-state index in [9.17, 15) is 4.79 Å². The van der Waals surface area contributed by atoms with Crippen LogP contribution in [0.5, 0.6) is 11.5 Å². The third-order valence-corrected chi connectivity index (χ3v) is 5.26. The number of nitrogens with zero attached hydrogens (tertiary/aromatic N) is 2. The van der Waals surface area contributed by atoms with Gasteiger partial charge in [-0.25, -0.2) is 4.98 Å². The second-order valence-electron chi connectivity index (χ2n) is 6.59. The van der Waals surface area contributed by atoms with Crippen LogP contribution in [0.25, 0.3) is 16.3 Å². The molecule has 0 atom stereocenters. The molecular formula is C23H26N2O3S. The smallest absolute Gasteiger partial charge is 0.246 e. The van der Waals surface area contributed by atoms with Crippen molar-refractivity contribution < 1.29 is 14.3 Å². The van der Waals surface area contributed by atoms with E-state index >= 15 is 0 Å². The number of amides is 1. The van der Waals surface area contributed by atoms with Crippen molar-refractivity contribution in [2.75, 3.05) is 20.3 Å². The highest BCUT2D eigenvalue weighted by Gasteiger charge is 2.10. The lowest BCUT2D eigenvalue weighted by atomic mass is 10.2. The SMILES string of the molecule is CCCOc1ccc(/C=C/C(=O)N(C)Cc2nc3ccccc3s2)cc1OCC. The van der Waals surface area contributed by atoms with Crippen molar-refractivity contribution in [2.45, 2.75) is 26.8 Å². The molecule has 0 bridgehead atoms. The average Bonchev–Trinajstić information content (AvgIpc) is 3.13. The maximum Gasteiger partial charge on any atom is 0.246 e. The number of benzene rings is 2. The van der Waals surface area contributed by atoms with Crippen molar-refractivity contribution in [2.24, 2.45) is 0 Å². The zero-order chi connectivity index (χ0) is 20.6. The quantitative estimate of drug-likeness (QED) is 0.458. The van der Waals surface area contributed by atoms with E-state index in [2.05, 4.69) is 11.9 Å². The van der Waals surface area contributed by atoms with E-state index in [0.29, 0.717) is 25.5 Å². The summed E-state index contributed by atoms with van der Waals surface area (Å²) >= 11 is 1.61. The van der Waals surface area contributed by atoms with Crippen LogP contribution in [0.1, 0.15) is 30.8 Å². The van der Waals surface area contributed by atoms with E-state index in [4.69, 9.17) is 9.47 Å². The molecule has 0 fully saturated rings. The van der Waals surface area contributed by atoms with Gasteiger partial charge in [-0.1, -0.05) is 25.1 Å². The van der Waals surface area contributed by atoms with E-state index in [1.807, 2.05) is 49.4 Å². The van der Waals surface area contributed by atoms with Crippen molar-refractivity contribution >= 4 is 33.5 Å². The Morgan fingerprint density at radius 2 is 1.97 bits per heavy atom. The van der Waals surface area contributed by atoms with Crippen LogP contribution < -0.4 is 9.47 Å². The summed E-state index contributed by atoms with van der Waals surface area (Å²) in [7, 11) is 1.78. The van der Waals surface area contributed by atoms with E-state index in [1.165, 1.54) is 0 Å². The summed E-state index contributed by atoms with van der Waals surface area (Å²) < 4.78 is 12.5. The van der Waals surface area contributed by atoms with Crippen molar-refractivity contribution in [3.63, 3.8) is 0 Å². The van der Waals surface area contributed by atoms with Crippen LogP contribution in [0.3, 0.4) is 0 Å². The van der Waals surface area contributed by atoms with Crippen molar-refractivity contribution in [3.05, 3.63) is 59.1 Å². The van der Waals surface area contributed by atoms with Crippen LogP contribution in [0.2, 0.25) is 0 Å². The van der Waals surface area contributed by atoms with Crippen LogP contribution in [-0.2, 0) is 11.3 Å². The predicted molar refractivity (Wildman–Crippen MR) is 119 cm³/mol. The average molecular weight is 411 g/mol. The van der Waals surface area contributed by atoms with Gasteiger partial charge in [0.25, 0.3) is 0 Å². The molecule has 0 aliphatic carbocycles. The van der Waals surface area contributed by atoms with E-state index < -0.39 is 0 Å². The van der Waals surface area contributed by atoms with Crippen LogP contribution in [0.4, 0.5) is 0 Å². The molecule has 152 valence electrons. The lowest BCUT2D eigenvalue weighted by Gasteiger charge is -2.13. The van der Waals surface area contributed by atoms with E-state index in [0.717, 1.165) is 33.0 Å². The first-order chi connectivity index (χ1) is 14.1. The molecule has 1 amide bonds. The van der Waals surface area contributed by atoms with Gasteiger partial charge in [0, 0.05) is 13.1 Å². The van der Waals surface area contributed by atoms with Gasteiger partial charge in [0.15, 0.2) is 11.5 Å². The maximum atomic E-state index is 12.5. The number of fused-ring (bicyclic) bond motifs is 1. The summed E-state index contributed by atoms with van der Waals surface area (Å²) in [6.45, 7) is 5.68. The number of thiazole rings is 1. The summed E-state index contributed by atoms with van der Waals surface area (Å²) in [5.74, 6) is 1.34. The van der Waals surface area contributed by atoms with Crippen LogP contribution in [-0.4, -0.2) is 36.1 Å². The Hall–Kier alpha value is -2.86. The van der Waals surface area contributed by atoms with Crippen molar-refractivity contribution in [3.8, 4) is 11.5 Å². The monoisotopic (exact) mass is 410 g/mol. The minimum absolute atomic E-state index is 0.0754. The van der Waals surface area contributed by atoms with Gasteiger partial charge in [-0.15, -0.1) is 11.3 Å². The van der Waals surface area contributed by atoms with E-state index in [-0.39, 0.29) is 5.91 Å². The molecule has 0 unspecified atom stereocenters. The highest BCUT2D eigenvalue weighted by atomic mass is 32.1. The minimum Gasteiger partial charge on any atom is -0.490 e. The molecular weight excluding hydrogens is 384 g/mol. The third kappa shape index (κ3) is 5.57.